The minimum Gasteiger partial charge on any atom is -0.461 e. The van der Waals surface area contributed by atoms with Gasteiger partial charge in [0.15, 0.2) is 11.5 Å². The summed E-state index contributed by atoms with van der Waals surface area (Å²) in [5, 5.41) is 9.33. The molecule has 8 nitrogen and oxygen atoms in total. The molecular weight excluding hydrogens is 364 g/mol. The number of aryl methyl sites for hydroxylation is 2. The van der Waals surface area contributed by atoms with Crippen molar-refractivity contribution in [2.24, 2.45) is 5.73 Å². The van der Waals surface area contributed by atoms with Crippen LogP contribution in [0.15, 0.2) is 26.2 Å². The van der Waals surface area contributed by atoms with Crippen molar-refractivity contribution in [1.82, 2.24) is 10.3 Å². The lowest BCUT2D eigenvalue weighted by Crippen LogP contribution is -2.30. The van der Waals surface area contributed by atoms with E-state index in [1.54, 1.807) is 37.1 Å². The molecule has 1 atom stereocenters. The molecule has 2 N–H and O–H groups in total. The summed E-state index contributed by atoms with van der Waals surface area (Å²) in [6, 6.07) is 1.80. The highest BCUT2D eigenvalue weighted by molar-refractivity contribution is 8.02. The average molecular weight is 380 g/mol. The lowest BCUT2D eigenvalue weighted by atomic mass is 10.2. The van der Waals surface area contributed by atoms with Gasteiger partial charge in [0.1, 0.15) is 33.2 Å². The summed E-state index contributed by atoms with van der Waals surface area (Å²) in [6.07, 6.45) is 0. The molecule has 0 saturated carbocycles. The van der Waals surface area contributed by atoms with E-state index in [2.05, 4.69) is 10.3 Å². The van der Waals surface area contributed by atoms with Crippen molar-refractivity contribution in [3.05, 3.63) is 40.1 Å². The molecule has 1 aliphatic rings. The Morgan fingerprint density at radius 3 is 2.80 bits per heavy atom. The maximum Gasteiger partial charge on any atom is 0.355 e. The molecule has 10 heteroatoms. The molecule has 0 radical (unpaired) electrons. The molecule has 25 heavy (non-hydrogen) atoms. The molecule has 0 bridgehead atoms. The Morgan fingerprint density at radius 2 is 2.20 bits per heavy atom. The Balaban J connectivity index is 2.10. The number of thioether (sulfide) groups is 1. The molecule has 2 aromatic heterocycles. The van der Waals surface area contributed by atoms with Gasteiger partial charge in [0.2, 0.25) is 0 Å². The molecule has 3 rings (SSSR count). The normalized spacial score (nSPS) is 16.8. The Kier molecular flexibility index (Phi) is 4.82. The lowest BCUT2D eigenvalue weighted by molar-refractivity contribution is -0.138. The topological polar surface area (TPSA) is 108 Å². The number of nitrogens with zero attached hydrogens (tertiary/aromatic N) is 3. The van der Waals surface area contributed by atoms with Crippen molar-refractivity contribution in [1.29, 1.82) is 0 Å². The van der Waals surface area contributed by atoms with Gasteiger partial charge in [-0.15, -0.1) is 0 Å². The van der Waals surface area contributed by atoms with Crippen molar-refractivity contribution in [3.63, 3.8) is 0 Å². The Bertz CT molecular complexity index is 858. The van der Waals surface area contributed by atoms with E-state index in [9.17, 15) is 4.79 Å². The van der Waals surface area contributed by atoms with Crippen LogP contribution in [-0.2, 0) is 9.53 Å². The third-order valence-corrected chi connectivity index (χ3v) is 4.76. The number of hydrogen-bond donors (Lipinski definition) is 1. The third-order valence-electron chi connectivity index (χ3n) is 3.49. The summed E-state index contributed by atoms with van der Waals surface area (Å²) in [5.41, 5.74) is 7.57. The van der Waals surface area contributed by atoms with Gasteiger partial charge in [-0.2, -0.15) is 0 Å². The van der Waals surface area contributed by atoms with Crippen molar-refractivity contribution in [3.8, 4) is 0 Å². The van der Waals surface area contributed by atoms with Gasteiger partial charge in [-0.05, 0) is 20.8 Å². The average Bonchev–Trinajstić information content (AvgIpc) is 3.24. The van der Waals surface area contributed by atoms with Crippen LogP contribution in [0, 0.1) is 13.8 Å². The zero-order valence-corrected chi connectivity index (χ0v) is 15.4. The van der Waals surface area contributed by atoms with E-state index in [0.29, 0.717) is 34.3 Å². The van der Waals surface area contributed by atoms with Gasteiger partial charge in [-0.25, -0.2) is 4.79 Å². The quantitative estimate of drug-likeness (QED) is 0.614. The highest BCUT2D eigenvalue weighted by atomic mass is 32.2. The monoisotopic (exact) mass is 380 g/mol. The van der Waals surface area contributed by atoms with Gasteiger partial charge in [0.05, 0.1) is 6.61 Å². The molecule has 1 unspecified atom stereocenters. The summed E-state index contributed by atoms with van der Waals surface area (Å²) in [4.78, 5) is 14.2. The minimum absolute atomic E-state index is 0.0713. The lowest BCUT2D eigenvalue weighted by Gasteiger charge is -2.26. The van der Waals surface area contributed by atoms with Crippen LogP contribution < -0.4 is 10.6 Å². The number of thiocarbonyl (C=S) groups is 1. The minimum atomic E-state index is -0.466. The number of ether oxygens (including phenoxy) is 1. The molecule has 0 spiro atoms. The molecule has 0 amide bonds. The predicted molar refractivity (Wildman–Crippen MR) is 95.9 cm³/mol. The second-order valence-electron chi connectivity index (χ2n) is 5.24. The smallest absolute Gasteiger partial charge is 0.355 e. The van der Waals surface area contributed by atoms with Gasteiger partial charge in [-0.1, -0.05) is 34.3 Å². The predicted octanol–water partition coefficient (Wildman–Crippen LogP) is 2.57. The van der Waals surface area contributed by atoms with E-state index in [4.69, 9.17) is 31.7 Å². The maximum absolute atomic E-state index is 12.4. The number of carbonyl (C=O) groups excluding carboxylic acids is 1. The highest BCUT2D eigenvalue weighted by Gasteiger charge is 2.39. The van der Waals surface area contributed by atoms with E-state index in [1.807, 2.05) is 0 Å². The second-order valence-corrected chi connectivity index (χ2v) is 6.64. The van der Waals surface area contributed by atoms with Crippen LogP contribution in [0.25, 0.3) is 0 Å². The van der Waals surface area contributed by atoms with Crippen molar-refractivity contribution in [2.45, 2.75) is 26.1 Å². The standard InChI is InChI=1S/C15H16N4O4S2/c1-4-21-15(20)10-6-25-14(9-5-7(2)22-17-9)19(10)12-8(3)23-18-11(12)13(16)24/h5-6,14H,4H2,1-3H3,(H2,16,24). The van der Waals surface area contributed by atoms with Crippen LogP contribution in [0.1, 0.15) is 35.2 Å². The first-order chi connectivity index (χ1) is 11.9. The van der Waals surface area contributed by atoms with E-state index in [1.165, 1.54) is 11.8 Å². The first kappa shape index (κ1) is 17.5. The summed E-state index contributed by atoms with van der Waals surface area (Å²) in [5.74, 6) is 0.676. The number of anilines is 1. The second kappa shape index (κ2) is 6.89. The molecule has 2 aromatic rings. The number of aromatic nitrogens is 2. The molecule has 3 heterocycles. The number of nitrogens with two attached hydrogens (primary N) is 1. The van der Waals surface area contributed by atoms with Crippen molar-refractivity contribution in [2.75, 3.05) is 11.5 Å². The van der Waals surface area contributed by atoms with Crippen molar-refractivity contribution >= 4 is 40.6 Å². The third kappa shape index (κ3) is 3.14. The van der Waals surface area contributed by atoms with Crippen LogP contribution in [-0.4, -0.2) is 27.9 Å². The van der Waals surface area contributed by atoms with E-state index < -0.39 is 5.97 Å². The van der Waals surface area contributed by atoms with Gasteiger partial charge >= 0.3 is 5.97 Å². The van der Waals surface area contributed by atoms with E-state index in [0.717, 1.165) is 0 Å². The number of rotatable bonds is 5. The molecule has 1 aliphatic heterocycles. The van der Waals surface area contributed by atoms with E-state index >= 15 is 0 Å². The van der Waals surface area contributed by atoms with Gasteiger partial charge in [-0.3, -0.25) is 0 Å². The summed E-state index contributed by atoms with van der Waals surface area (Å²) < 4.78 is 15.6. The van der Waals surface area contributed by atoms with Crippen molar-refractivity contribution < 1.29 is 18.6 Å². The molecule has 132 valence electrons. The van der Waals surface area contributed by atoms with Crippen LogP contribution in [0.4, 0.5) is 5.69 Å². The van der Waals surface area contributed by atoms with E-state index in [-0.39, 0.29) is 17.0 Å². The Hall–Kier alpha value is -2.33. The number of carbonyl (C=O) groups is 1. The maximum atomic E-state index is 12.4. The van der Waals surface area contributed by atoms with Gasteiger partial charge in [0.25, 0.3) is 0 Å². The highest BCUT2D eigenvalue weighted by Crippen LogP contribution is 2.47. The first-order valence-corrected chi connectivity index (χ1v) is 8.80. The van der Waals surface area contributed by atoms with Crippen LogP contribution in [0.2, 0.25) is 0 Å². The molecule has 0 saturated heterocycles. The summed E-state index contributed by atoms with van der Waals surface area (Å²) in [6.45, 7) is 5.52. The number of esters is 1. The van der Waals surface area contributed by atoms with Crippen LogP contribution in [0.3, 0.4) is 0 Å². The van der Waals surface area contributed by atoms with Gasteiger partial charge in [0, 0.05) is 11.5 Å². The largest absolute Gasteiger partial charge is 0.461 e. The fourth-order valence-corrected chi connectivity index (χ4v) is 3.67. The fourth-order valence-electron chi connectivity index (χ4n) is 2.48. The zero-order chi connectivity index (χ0) is 18.1. The zero-order valence-electron chi connectivity index (χ0n) is 13.8. The molecule has 0 aliphatic carbocycles. The Morgan fingerprint density at radius 1 is 1.44 bits per heavy atom. The van der Waals surface area contributed by atoms with Crippen LogP contribution in [0.5, 0.6) is 0 Å². The van der Waals surface area contributed by atoms with Gasteiger partial charge < -0.3 is 24.4 Å². The van der Waals surface area contributed by atoms with Crippen LogP contribution >= 0.6 is 24.0 Å². The molecule has 0 aromatic carbocycles. The first-order valence-electron chi connectivity index (χ1n) is 7.45. The SMILES string of the molecule is CCOC(=O)C1=CSC(c2cc(C)on2)N1c1c(C(N)=S)noc1C. The Labute approximate surface area is 153 Å². The number of hydrogen-bond acceptors (Lipinski definition) is 9. The molecule has 0 fully saturated rings. The fraction of sp³-hybridized carbons (Fsp3) is 0.333. The summed E-state index contributed by atoms with van der Waals surface area (Å²) >= 11 is 6.46. The molecular formula is C15H16N4O4S2. The summed E-state index contributed by atoms with van der Waals surface area (Å²) in [7, 11) is 0.